The Hall–Kier alpha value is -3.44. The van der Waals surface area contributed by atoms with Gasteiger partial charge in [-0.3, -0.25) is 23.2 Å². The number of nitrogens with zero attached hydrogens (tertiary/aromatic N) is 2. The quantitative estimate of drug-likeness (QED) is 0.0246. The van der Waals surface area contributed by atoms with E-state index in [-0.39, 0.29) is 37.9 Å². The van der Waals surface area contributed by atoms with Crippen molar-refractivity contribution in [3.05, 3.63) is 71.4 Å². The molecule has 0 spiro atoms. The van der Waals surface area contributed by atoms with E-state index in [2.05, 4.69) is 40.5 Å². The second-order valence-corrected chi connectivity index (χ2v) is 21.6. The molecule has 9 N–H and O–H groups in total. The van der Waals surface area contributed by atoms with Gasteiger partial charge in [-0.15, -0.1) is 0 Å². The number of anilines is 1. The highest BCUT2D eigenvalue weighted by atomic mass is 31.3. The number of phosphoric acid groups is 2. The molecule has 2 aliphatic heterocycles. The van der Waals surface area contributed by atoms with Crippen LogP contribution in [0.5, 0.6) is 0 Å². The van der Waals surface area contributed by atoms with Gasteiger partial charge in [0, 0.05) is 31.4 Å². The molecule has 1 saturated heterocycles. The Kier molecular flexibility index (Phi) is 31.4. The third-order valence-electron chi connectivity index (χ3n) is 12.2. The molecule has 3 unspecified atom stereocenters. The van der Waals surface area contributed by atoms with Crippen LogP contribution in [0.2, 0.25) is 0 Å². The number of hydrogen-bond donors (Lipinski definition) is 8. The predicted molar refractivity (Wildman–Crippen MR) is 274 cm³/mol. The van der Waals surface area contributed by atoms with Crippen LogP contribution in [0.3, 0.4) is 0 Å². The van der Waals surface area contributed by atoms with E-state index in [1.165, 1.54) is 37.5 Å². The molecule has 1 aromatic heterocycles. The van der Waals surface area contributed by atoms with Gasteiger partial charge < -0.3 is 60.0 Å². The Morgan fingerprint density at radius 1 is 0.878 bits per heavy atom. The summed E-state index contributed by atoms with van der Waals surface area (Å²) in [6, 6.07) is 1.22. The summed E-state index contributed by atoms with van der Waals surface area (Å²) in [6.45, 7) is 1.39. The van der Waals surface area contributed by atoms with Gasteiger partial charge in [-0.05, 0) is 70.3 Å². The summed E-state index contributed by atoms with van der Waals surface area (Å²) in [7, 11) is -11.3. The number of aromatic nitrogens is 2. The first-order valence-electron chi connectivity index (χ1n) is 26.0. The Balaban J connectivity index is 1.80. The van der Waals surface area contributed by atoms with Crippen LogP contribution in [0.25, 0.3) is 0 Å². The minimum atomic E-state index is -5.73. The molecule has 0 saturated carbocycles. The number of rotatable bonds is 23. The van der Waals surface area contributed by atoms with Crippen LogP contribution < -0.4 is 11.4 Å². The minimum absolute atomic E-state index is 0.0564. The van der Waals surface area contributed by atoms with Crippen molar-refractivity contribution in [1.29, 1.82) is 0 Å². The summed E-state index contributed by atoms with van der Waals surface area (Å²) in [5.74, 6) is -2.87. The van der Waals surface area contributed by atoms with Crippen LogP contribution in [-0.4, -0.2) is 126 Å². The normalized spacial score (nSPS) is 30.1. The molecular weight excluding hydrogens is 1010 g/mol. The van der Waals surface area contributed by atoms with Crippen LogP contribution in [-0.2, 0) is 51.0 Å². The Labute approximate surface area is 434 Å². The van der Waals surface area contributed by atoms with Gasteiger partial charge in [-0.25, -0.2) is 13.9 Å². The number of ether oxygens (including phenoxy) is 4. The third-order valence-corrected chi connectivity index (χ3v) is 14.8. The zero-order chi connectivity index (χ0) is 54.4. The molecule has 0 amide bonds. The van der Waals surface area contributed by atoms with Gasteiger partial charge in [0.1, 0.15) is 43.1 Å². The molecule has 24 heteroatoms. The van der Waals surface area contributed by atoms with Crippen molar-refractivity contribution in [2.45, 2.75) is 204 Å². The van der Waals surface area contributed by atoms with Crippen LogP contribution >= 0.6 is 15.6 Å². The summed E-state index contributed by atoms with van der Waals surface area (Å²) >= 11 is 0. The minimum Gasteiger partial charge on any atom is -0.462 e. The van der Waals surface area contributed by atoms with E-state index in [4.69, 9.17) is 33.7 Å². The summed E-state index contributed by atoms with van der Waals surface area (Å²) in [4.78, 5) is 64.2. The highest BCUT2D eigenvalue weighted by molar-refractivity contribution is 7.61. The lowest BCUT2D eigenvalue weighted by Crippen LogP contribution is -2.49. The Morgan fingerprint density at radius 3 is 2.24 bits per heavy atom. The van der Waals surface area contributed by atoms with Crippen molar-refractivity contribution in [2.24, 2.45) is 5.92 Å². The Bertz CT molecular complexity index is 2050. The average Bonchev–Trinajstić information content (AvgIpc) is 3.35. The first kappa shape index (κ1) is 64.8. The number of aliphatic hydroxyl groups excluding tert-OH is 5. The topological polar surface area (TPSA) is 335 Å². The van der Waals surface area contributed by atoms with Crippen molar-refractivity contribution in [2.75, 3.05) is 25.6 Å². The van der Waals surface area contributed by atoms with Crippen molar-refractivity contribution >= 4 is 33.4 Å². The summed E-state index contributed by atoms with van der Waals surface area (Å²) in [5, 5.41) is 56.8. The molecule has 0 aromatic carbocycles. The number of nitrogen functional groups attached to an aromatic ring is 1. The maximum atomic E-state index is 13.4. The van der Waals surface area contributed by atoms with E-state index in [0.29, 0.717) is 19.3 Å². The highest BCUT2D eigenvalue weighted by Crippen LogP contribution is 2.60. The zero-order valence-corrected chi connectivity index (χ0v) is 44.7. The average molecular weight is 1090 g/mol. The smallest absolute Gasteiger partial charge is 0.462 e. The number of phosphoric ester groups is 2. The number of allylic oxidation sites excluding steroid dienone is 6. The molecular formula is C50H83N3O19P2. The van der Waals surface area contributed by atoms with E-state index >= 15 is 0 Å². The lowest BCUT2D eigenvalue weighted by Gasteiger charge is -2.36. The summed E-state index contributed by atoms with van der Waals surface area (Å²) < 4.78 is 64.7. The van der Waals surface area contributed by atoms with E-state index in [9.17, 15) is 58.8 Å². The Morgan fingerprint density at radius 2 is 1.54 bits per heavy atom. The number of unbranched alkanes of at least 4 members (excludes halogenated alkanes) is 10. The fraction of sp³-hybridized carbons (Fsp3) is 0.720. The molecule has 0 aliphatic carbocycles. The van der Waals surface area contributed by atoms with Gasteiger partial charge in [0.15, 0.2) is 12.4 Å². The first-order chi connectivity index (χ1) is 35.3. The first-order valence-corrected chi connectivity index (χ1v) is 29.0. The molecule has 3 rings (SSSR count). The maximum absolute atomic E-state index is 13.4. The number of nitrogens with two attached hydrogens (primary N) is 1. The number of esters is 2. The molecule has 1 fully saturated rings. The number of fused-ring (bicyclic) bond motifs is 3. The van der Waals surface area contributed by atoms with Gasteiger partial charge in [-0.1, -0.05) is 114 Å². The monoisotopic (exact) mass is 1090 g/mol. The highest BCUT2D eigenvalue weighted by Gasteiger charge is 2.44. The van der Waals surface area contributed by atoms with Crippen molar-refractivity contribution < 1.29 is 86.3 Å². The summed E-state index contributed by atoms with van der Waals surface area (Å²) in [5.41, 5.74) is 4.75. The largest absolute Gasteiger partial charge is 0.481 e. The van der Waals surface area contributed by atoms with Gasteiger partial charge in [0.25, 0.3) is 0 Å². The number of aliphatic hydroxyl groups is 5. The second kappa shape index (κ2) is 35.8. The van der Waals surface area contributed by atoms with Gasteiger partial charge in [0.2, 0.25) is 0 Å². The lowest BCUT2D eigenvalue weighted by atomic mass is 9.92. The number of carbonyl (C=O) groups excluding carboxylic acids is 2. The lowest BCUT2D eigenvalue weighted by molar-refractivity contribution is -0.192. The van der Waals surface area contributed by atoms with Crippen LogP contribution in [0.1, 0.15) is 155 Å². The molecule has 422 valence electrons. The van der Waals surface area contributed by atoms with Crippen LogP contribution in [0.4, 0.5) is 5.82 Å². The molecule has 12 atom stereocenters. The van der Waals surface area contributed by atoms with Gasteiger partial charge >= 0.3 is 33.3 Å². The molecule has 2 aliphatic rings. The molecule has 1 aromatic rings. The van der Waals surface area contributed by atoms with E-state index < -0.39 is 121 Å². The summed E-state index contributed by atoms with van der Waals surface area (Å²) in [6.07, 6.45) is 13.3. The van der Waals surface area contributed by atoms with E-state index in [1.807, 2.05) is 6.92 Å². The van der Waals surface area contributed by atoms with Crippen molar-refractivity contribution in [1.82, 2.24) is 9.55 Å². The van der Waals surface area contributed by atoms with Gasteiger partial charge in [-0.2, -0.15) is 9.29 Å². The van der Waals surface area contributed by atoms with E-state index in [1.54, 1.807) is 12.2 Å². The van der Waals surface area contributed by atoms with Crippen molar-refractivity contribution in [3.8, 4) is 0 Å². The van der Waals surface area contributed by atoms with Gasteiger partial charge in [0.05, 0.1) is 25.4 Å². The third kappa shape index (κ3) is 26.6. The predicted octanol–water partition coefficient (Wildman–Crippen LogP) is 6.66. The van der Waals surface area contributed by atoms with E-state index in [0.717, 1.165) is 68.6 Å². The van der Waals surface area contributed by atoms with Crippen LogP contribution in [0, 0.1) is 5.92 Å². The molecule has 3 heterocycles. The van der Waals surface area contributed by atoms with Crippen molar-refractivity contribution in [3.63, 3.8) is 0 Å². The standard InChI is InChI=1S/C50H83N3O19P2/c1-3-5-7-8-9-10-11-12-13-14-15-16-17-18-23-27-44(56)66-34-38-35-67-73(62,63)72-74(64,65)68-36-42-48(60)47(59)41(30-29-37(54)25-21-6-4-2)70-46(58)33-40(55)39(26-22-19-20-24-28-45(57)69-38)49(71-42)53-32-31-43(51)52-50(53)61/h9-10,12-13,19,22,29-32,37-42,46-49,54-55,58-60H,3-8,11,14-18,20-21,23-28,33-36H2,1-2H3,(H,62,63)(H,64,65)(H2,51,52,61)/b10-9-,13-12-,22-19?,30-29+/t37-,38+,39-,40-,41+,42+,46?,47-,48+,49+/m0/s1. The molecule has 74 heavy (non-hydrogen) atoms. The van der Waals surface area contributed by atoms with Crippen LogP contribution in [0.15, 0.2) is 65.7 Å². The molecule has 2 bridgehead atoms. The molecule has 0 radical (unpaired) electrons. The number of hydrogen-bond acceptors (Lipinski definition) is 19. The fourth-order valence-electron chi connectivity index (χ4n) is 8.02. The maximum Gasteiger partial charge on any atom is 0.481 e. The SMILES string of the molecule is CCCCC/C=C\C/C=C\CCCCCCCC(=O)OC[C@@H]1COP(=O)(O)OP(=O)(O)OC[C@H]2O[C@@H](n3ccc(N)nc3=O)[C@@H](CC=CCCCC(=O)O1)[C@@H](O)CC(O)O[C@H](/C=C/[C@@H](O)CCCCC)[C@H](O)[C@@H]2O. The fourth-order valence-corrected chi connectivity index (χ4v) is 10.1. The number of carbonyl (C=O) groups is 2. The zero-order valence-electron chi connectivity index (χ0n) is 42.9. The molecule has 22 nitrogen and oxygen atoms in total. The number of cyclic esters (lactones) is 1. The second-order valence-electron chi connectivity index (χ2n) is 18.5.